The number of hydrogen-bond donors (Lipinski definition) is 1. The van der Waals surface area contributed by atoms with E-state index in [2.05, 4.69) is 4.98 Å². The zero-order valence-corrected chi connectivity index (χ0v) is 19.9. The van der Waals surface area contributed by atoms with Gasteiger partial charge in [0.1, 0.15) is 11.6 Å². The van der Waals surface area contributed by atoms with Crippen LogP contribution < -0.4 is 5.56 Å². The lowest BCUT2D eigenvalue weighted by molar-refractivity contribution is -0.151. The molecule has 1 aromatic heterocycles. The molecule has 0 saturated heterocycles. The summed E-state index contributed by atoms with van der Waals surface area (Å²) >= 11 is 0. The van der Waals surface area contributed by atoms with Crippen molar-refractivity contribution >= 4 is 17.6 Å². The van der Waals surface area contributed by atoms with Crippen molar-refractivity contribution in [3.8, 4) is 5.75 Å². The van der Waals surface area contributed by atoms with Gasteiger partial charge in [-0.2, -0.15) is 0 Å². The fraction of sp³-hybridized carbons (Fsp3) is 0.480. The predicted octanol–water partition coefficient (Wildman–Crippen LogP) is 1.99. The number of benzene rings is 1. The molecule has 0 aliphatic carbocycles. The minimum Gasteiger partial charge on any atom is -0.501 e. The van der Waals surface area contributed by atoms with E-state index >= 15 is 0 Å². The first-order valence-electron chi connectivity index (χ1n) is 11.9. The third-order valence-electron chi connectivity index (χ3n) is 6.89. The molecule has 0 radical (unpaired) electrons. The van der Waals surface area contributed by atoms with Crippen LogP contribution in [0.25, 0.3) is 0 Å². The number of Topliss-reactive ketones (excluding diaryl/α,β-unsaturated/α-hetero) is 1. The van der Waals surface area contributed by atoms with Crippen molar-refractivity contribution in [2.45, 2.75) is 57.5 Å². The van der Waals surface area contributed by atoms with E-state index in [0.29, 0.717) is 44.2 Å². The lowest BCUT2D eigenvalue weighted by Gasteiger charge is -2.29. The van der Waals surface area contributed by atoms with E-state index in [1.54, 1.807) is 13.1 Å². The first kappa shape index (κ1) is 24.6. The molecular formula is C25H29FN4O5. The smallest absolute Gasteiger partial charge is 0.312 e. The summed E-state index contributed by atoms with van der Waals surface area (Å²) in [7, 11) is 3.03. The van der Waals surface area contributed by atoms with Gasteiger partial charge in [0.2, 0.25) is 5.75 Å². The number of halogens is 1. The summed E-state index contributed by atoms with van der Waals surface area (Å²) in [5.74, 6) is -2.90. The highest BCUT2D eigenvalue weighted by Gasteiger charge is 2.34. The number of rotatable bonds is 0. The van der Waals surface area contributed by atoms with Crippen molar-refractivity contribution in [1.82, 2.24) is 19.4 Å². The summed E-state index contributed by atoms with van der Waals surface area (Å²) in [4.78, 5) is 59.0. The Labute approximate surface area is 202 Å². The zero-order chi connectivity index (χ0) is 25.3. The maximum atomic E-state index is 13.9. The Bertz CT molecular complexity index is 1240. The SMILES string of the molecule is CN1CCCc2cc(F)ccc2CCC(=O)c2nc3n(c(=O)c2O)CCCCC3N(C)C(=O)C1=O. The van der Waals surface area contributed by atoms with Crippen LogP contribution in [0.3, 0.4) is 0 Å². The van der Waals surface area contributed by atoms with Gasteiger partial charge in [-0.25, -0.2) is 9.37 Å². The number of hydrogen-bond acceptors (Lipinski definition) is 6. The topological polar surface area (TPSA) is 113 Å². The van der Waals surface area contributed by atoms with E-state index in [0.717, 1.165) is 5.56 Å². The number of ketones is 1. The van der Waals surface area contributed by atoms with Crippen LogP contribution >= 0.6 is 0 Å². The molecule has 2 aliphatic heterocycles. The number of nitrogens with zero attached hydrogens (tertiary/aromatic N) is 4. The molecule has 1 N–H and O–H groups in total. The van der Waals surface area contributed by atoms with E-state index in [1.165, 1.54) is 33.5 Å². The number of aromatic nitrogens is 2. The average Bonchev–Trinajstić information content (AvgIpc) is 3.06. The van der Waals surface area contributed by atoms with Crippen LogP contribution in [0.1, 0.15) is 65.6 Å². The number of aryl methyl sites for hydroxylation is 2. The standard InChI is InChI=1S/C25H29FN4O5/c1-28-12-5-6-16-14-17(26)10-8-15(16)9-11-19(31)20-21(32)23(33)30-13-4-3-7-18(22(30)27-20)29(2)25(35)24(28)34/h8,10,14,18,32H,3-7,9,11-13H2,1-2H3. The van der Waals surface area contributed by atoms with Crippen molar-refractivity contribution in [3.63, 3.8) is 0 Å². The predicted molar refractivity (Wildman–Crippen MR) is 125 cm³/mol. The molecule has 4 rings (SSSR count). The van der Waals surface area contributed by atoms with Gasteiger partial charge in [0.25, 0.3) is 5.56 Å². The van der Waals surface area contributed by atoms with E-state index < -0.39 is 40.8 Å². The second-order valence-electron chi connectivity index (χ2n) is 9.22. The molecule has 2 bridgehead atoms. The van der Waals surface area contributed by atoms with Gasteiger partial charge in [-0.1, -0.05) is 6.07 Å². The minimum atomic E-state index is -0.750. The van der Waals surface area contributed by atoms with Gasteiger partial charge in [0.05, 0.1) is 6.04 Å². The van der Waals surface area contributed by atoms with Gasteiger partial charge in [-0.15, -0.1) is 0 Å². The molecule has 2 aromatic rings. The maximum Gasteiger partial charge on any atom is 0.312 e. The Morgan fingerprint density at radius 3 is 2.49 bits per heavy atom. The number of carbonyl (C=O) groups is 3. The van der Waals surface area contributed by atoms with Crippen LogP contribution in [-0.4, -0.2) is 62.7 Å². The largest absolute Gasteiger partial charge is 0.501 e. The van der Waals surface area contributed by atoms with E-state index in [4.69, 9.17) is 0 Å². The molecule has 186 valence electrons. The second kappa shape index (κ2) is 9.97. The normalized spacial score (nSPS) is 20.0. The highest BCUT2D eigenvalue weighted by atomic mass is 19.1. The molecule has 10 heteroatoms. The third kappa shape index (κ3) is 4.82. The summed E-state index contributed by atoms with van der Waals surface area (Å²) in [5.41, 5.74) is 0.389. The molecule has 0 spiro atoms. The molecule has 2 amide bonds. The molecule has 2 aliphatic rings. The molecule has 1 atom stereocenters. The van der Waals surface area contributed by atoms with Crippen molar-refractivity contribution in [1.29, 1.82) is 0 Å². The molecule has 1 aromatic carbocycles. The number of amides is 2. The average molecular weight is 485 g/mol. The summed E-state index contributed by atoms with van der Waals surface area (Å²) in [6, 6.07) is 3.64. The Kier molecular flexibility index (Phi) is 7.00. The van der Waals surface area contributed by atoms with Crippen LogP contribution in [0.5, 0.6) is 5.75 Å². The Morgan fingerprint density at radius 2 is 1.71 bits per heavy atom. The summed E-state index contributed by atoms with van der Waals surface area (Å²) in [5, 5.41) is 10.5. The number of likely N-dealkylation sites (N-methyl/N-ethyl adjacent to an activating group) is 2. The van der Waals surface area contributed by atoms with Gasteiger partial charge < -0.3 is 14.9 Å². The van der Waals surface area contributed by atoms with Crippen LogP contribution in [0.15, 0.2) is 23.0 Å². The van der Waals surface area contributed by atoms with Gasteiger partial charge in [0.15, 0.2) is 11.5 Å². The monoisotopic (exact) mass is 484 g/mol. The van der Waals surface area contributed by atoms with E-state index in [9.17, 15) is 28.7 Å². The number of aromatic hydroxyl groups is 1. The molecule has 3 heterocycles. The molecular weight excluding hydrogens is 455 g/mol. The van der Waals surface area contributed by atoms with Crippen molar-refractivity contribution < 1.29 is 23.9 Å². The van der Waals surface area contributed by atoms with Crippen molar-refractivity contribution in [2.24, 2.45) is 0 Å². The van der Waals surface area contributed by atoms with Crippen LogP contribution in [0.2, 0.25) is 0 Å². The van der Waals surface area contributed by atoms with Gasteiger partial charge >= 0.3 is 11.8 Å². The summed E-state index contributed by atoms with van der Waals surface area (Å²) in [6.45, 7) is 0.582. The molecule has 0 saturated carbocycles. The lowest BCUT2D eigenvalue weighted by atomic mass is 9.97. The Balaban J connectivity index is 1.82. The van der Waals surface area contributed by atoms with Crippen LogP contribution in [-0.2, 0) is 29.0 Å². The van der Waals surface area contributed by atoms with Crippen LogP contribution in [0, 0.1) is 5.82 Å². The fourth-order valence-electron chi connectivity index (χ4n) is 4.83. The van der Waals surface area contributed by atoms with Gasteiger partial charge in [-0.3, -0.25) is 23.7 Å². The Hall–Kier alpha value is -3.56. The number of carbonyl (C=O) groups excluding carboxylic acids is 3. The highest BCUT2D eigenvalue weighted by molar-refractivity contribution is 6.34. The quantitative estimate of drug-likeness (QED) is 0.573. The molecule has 1 unspecified atom stereocenters. The maximum absolute atomic E-state index is 13.9. The first-order chi connectivity index (χ1) is 16.7. The molecule has 0 fully saturated rings. The fourth-order valence-corrected chi connectivity index (χ4v) is 4.83. The zero-order valence-electron chi connectivity index (χ0n) is 19.9. The second-order valence-corrected chi connectivity index (χ2v) is 9.22. The number of fused-ring (bicyclic) bond motifs is 2. The van der Waals surface area contributed by atoms with E-state index in [1.807, 2.05) is 0 Å². The minimum absolute atomic E-state index is 0.0279. The van der Waals surface area contributed by atoms with Crippen molar-refractivity contribution in [2.75, 3.05) is 20.6 Å². The molecule has 9 nitrogen and oxygen atoms in total. The van der Waals surface area contributed by atoms with E-state index in [-0.39, 0.29) is 30.9 Å². The summed E-state index contributed by atoms with van der Waals surface area (Å²) < 4.78 is 15.2. The van der Waals surface area contributed by atoms with Gasteiger partial charge in [-0.05, 0) is 61.8 Å². The Morgan fingerprint density at radius 1 is 0.943 bits per heavy atom. The van der Waals surface area contributed by atoms with Gasteiger partial charge in [0, 0.05) is 33.6 Å². The lowest BCUT2D eigenvalue weighted by Crippen LogP contribution is -2.45. The highest BCUT2D eigenvalue weighted by Crippen LogP contribution is 2.29. The third-order valence-corrected chi connectivity index (χ3v) is 6.89. The molecule has 35 heavy (non-hydrogen) atoms. The van der Waals surface area contributed by atoms with Crippen molar-refractivity contribution in [3.05, 3.63) is 57.0 Å². The first-order valence-corrected chi connectivity index (χ1v) is 11.9. The van der Waals surface area contributed by atoms with Crippen LogP contribution in [0.4, 0.5) is 4.39 Å². The summed E-state index contributed by atoms with van der Waals surface area (Å²) in [6.07, 6.45) is 2.98.